The fraction of sp³-hybridized carbons (Fsp3) is 0.500. The molecule has 4 heteroatoms. The van der Waals surface area contributed by atoms with Crippen molar-refractivity contribution in [2.45, 2.75) is 26.0 Å². The van der Waals surface area contributed by atoms with E-state index in [1.54, 1.807) is 6.07 Å². The number of halogens is 2. The zero-order chi connectivity index (χ0) is 12.1. The maximum absolute atomic E-state index is 12.8. The van der Waals surface area contributed by atoms with Gasteiger partial charge in [0.1, 0.15) is 5.82 Å². The number of nitrogens with zero attached hydrogens (tertiary/aromatic N) is 1. The fourth-order valence-electron chi connectivity index (χ4n) is 1.49. The van der Waals surface area contributed by atoms with Crippen LogP contribution in [0.15, 0.2) is 18.2 Å². The molecule has 0 amide bonds. The molecule has 1 rings (SSSR count). The highest BCUT2D eigenvalue weighted by atomic mass is 35.5. The van der Waals surface area contributed by atoms with Gasteiger partial charge in [-0.2, -0.15) is 0 Å². The minimum Gasteiger partial charge on any atom is -0.392 e. The summed E-state index contributed by atoms with van der Waals surface area (Å²) in [5, 5.41) is 9.91. The van der Waals surface area contributed by atoms with E-state index in [0.29, 0.717) is 18.1 Å². The smallest absolute Gasteiger partial charge is 0.124 e. The third-order valence-electron chi connectivity index (χ3n) is 2.45. The van der Waals surface area contributed by atoms with Gasteiger partial charge in [-0.25, -0.2) is 4.39 Å². The first-order valence-corrected chi connectivity index (χ1v) is 5.71. The predicted molar refractivity (Wildman–Crippen MR) is 64.0 cm³/mol. The Labute approximate surface area is 101 Å². The Morgan fingerprint density at radius 3 is 2.75 bits per heavy atom. The molecular weight excluding hydrogens is 229 g/mol. The Kier molecular flexibility index (Phi) is 5.19. The molecule has 1 atom stereocenters. The maximum atomic E-state index is 12.8. The minimum absolute atomic E-state index is 0.329. The second kappa shape index (κ2) is 6.18. The van der Waals surface area contributed by atoms with E-state index in [4.69, 9.17) is 11.6 Å². The summed E-state index contributed by atoms with van der Waals surface area (Å²) in [5.74, 6) is -0.329. The average molecular weight is 246 g/mol. The number of benzene rings is 1. The monoisotopic (exact) mass is 245 g/mol. The van der Waals surface area contributed by atoms with Crippen molar-refractivity contribution in [1.82, 2.24) is 4.90 Å². The predicted octanol–water partition coefficient (Wildman–Crippen LogP) is 2.68. The lowest BCUT2D eigenvalue weighted by molar-refractivity contribution is 0.119. The highest BCUT2D eigenvalue weighted by molar-refractivity contribution is 6.31. The number of aliphatic hydroxyl groups is 1. The highest BCUT2D eigenvalue weighted by Gasteiger charge is 2.09. The molecule has 0 fully saturated rings. The van der Waals surface area contributed by atoms with Crippen molar-refractivity contribution in [3.8, 4) is 0 Å². The van der Waals surface area contributed by atoms with Gasteiger partial charge in [-0.15, -0.1) is 0 Å². The van der Waals surface area contributed by atoms with E-state index >= 15 is 0 Å². The molecule has 0 bridgehead atoms. The van der Waals surface area contributed by atoms with Crippen molar-refractivity contribution in [2.24, 2.45) is 0 Å². The Balaban J connectivity index is 2.59. The average Bonchev–Trinajstić information content (AvgIpc) is 2.22. The molecule has 1 aromatic carbocycles. The summed E-state index contributed by atoms with van der Waals surface area (Å²) >= 11 is 5.91. The number of likely N-dealkylation sites (N-methyl/N-ethyl adjacent to an activating group) is 1. The molecule has 0 aliphatic heterocycles. The van der Waals surface area contributed by atoms with Gasteiger partial charge in [0.05, 0.1) is 6.10 Å². The summed E-state index contributed by atoms with van der Waals surface area (Å²) in [5.41, 5.74) is 0.869. The van der Waals surface area contributed by atoms with Gasteiger partial charge in [0.25, 0.3) is 0 Å². The normalized spacial score (nSPS) is 13.1. The first-order chi connectivity index (χ1) is 7.52. The van der Waals surface area contributed by atoms with Crippen LogP contribution in [-0.2, 0) is 6.54 Å². The largest absolute Gasteiger partial charge is 0.392 e. The quantitative estimate of drug-likeness (QED) is 0.862. The van der Waals surface area contributed by atoms with Crippen LogP contribution < -0.4 is 0 Å². The van der Waals surface area contributed by atoms with Crippen LogP contribution >= 0.6 is 11.6 Å². The molecular formula is C12H17ClFNO. The van der Waals surface area contributed by atoms with Crippen molar-refractivity contribution in [1.29, 1.82) is 0 Å². The second-order valence-corrected chi connectivity index (χ2v) is 4.40. The zero-order valence-corrected chi connectivity index (χ0v) is 10.3. The minimum atomic E-state index is -0.329. The third-order valence-corrected chi connectivity index (χ3v) is 2.80. The van der Waals surface area contributed by atoms with E-state index in [9.17, 15) is 9.50 Å². The maximum Gasteiger partial charge on any atom is 0.124 e. The first kappa shape index (κ1) is 13.4. The van der Waals surface area contributed by atoms with Crippen LogP contribution in [0.25, 0.3) is 0 Å². The molecule has 1 aromatic rings. The number of hydrogen-bond acceptors (Lipinski definition) is 2. The Bertz CT molecular complexity index is 346. The van der Waals surface area contributed by atoms with Gasteiger partial charge in [0.15, 0.2) is 0 Å². The summed E-state index contributed by atoms with van der Waals surface area (Å²) in [6, 6.07) is 4.37. The first-order valence-electron chi connectivity index (χ1n) is 5.33. The van der Waals surface area contributed by atoms with Crippen LogP contribution in [-0.4, -0.2) is 29.7 Å². The molecule has 0 saturated heterocycles. The third kappa shape index (κ3) is 4.08. The van der Waals surface area contributed by atoms with Gasteiger partial charge in [0.2, 0.25) is 0 Å². The lowest BCUT2D eigenvalue weighted by atomic mass is 10.2. The zero-order valence-electron chi connectivity index (χ0n) is 9.58. The Morgan fingerprint density at radius 1 is 1.50 bits per heavy atom. The number of aliphatic hydroxyl groups excluding tert-OH is 1. The number of hydrogen-bond donors (Lipinski definition) is 1. The molecule has 1 N–H and O–H groups in total. The van der Waals surface area contributed by atoms with E-state index in [0.717, 1.165) is 12.0 Å². The Hall–Kier alpha value is -0.640. The highest BCUT2D eigenvalue weighted by Crippen LogP contribution is 2.18. The lowest BCUT2D eigenvalue weighted by Crippen LogP contribution is -2.28. The van der Waals surface area contributed by atoms with E-state index < -0.39 is 0 Å². The summed E-state index contributed by atoms with van der Waals surface area (Å²) in [6.45, 7) is 3.13. The molecule has 1 unspecified atom stereocenters. The van der Waals surface area contributed by atoms with Gasteiger partial charge in [-0.1, -0.05) is 24.6 Å². The van der Waals surface area contributed by atoms with E-state index in [-0.39, 0.29) is 11.9 Å². The molecule has 16 heavy (non-hydrogen) atoms. The van der Waals surface area contributed by atoms with Gasteiger partial charge in [0, 0.05) is 18.1 Å². The van der Waals surface area contributed by atoms with Crippen LogP contribution in [0.1, 0.15) is 18.9 Å². The fourth-order valence-corrected chi connectivity index (χ4v) is 1.72. The standard InChI is InChI=1S/C12H17ClFNO/c1-3-11(16)8-15(2)7-9-4-5-10(14)6-12(9)13/h4-6,11,16H,3,7-8H2,1-2H3. The van der Waals surface area contributed by atoms with Crippen molar-refractivity contribution in [2.75, 3.05) is 13.6 Å². The van der Waals surface area contributed by atoms with Gasteiger partial charge >= 0.3 is 0 Å². The van der Waals surface area contributed by atoms with Crippen LogP contribution in [0.3, 0.4) is 0 Å². The molecule has 90 valence electrons. The van der Waals surface area contributed by atoms with E-state index in [1.165, 1.54) is 12.1 Å². The Morgan fingerprint density at radius 2 is 2.19 bits per heavy atom. The van der Waals surface area contributed by atoms with Crippen molar-refractivity contribution >= 4 is 11.6 Å². The van der Waals surface area contributed by atoms with E-state index in [2.05, 4.69) is 0 Å². The molecule has 0 spiro atoms. The summed E-state index contributed by atoms with van der Waals surface area (Å²) in [6.07, 6.45) is 0.394. The van der Waals surface area contributed by atoms with Crippen LogP contribution in [0, 0.1) is 5.82 Å². The molecule has 0 aliphatic carbocycles. The van der Waals surface area contributed by atoms with Crippen LogP contribution in [0.5, 0.6) is 0 Å². The van der Waals surface area contributed by atoms with Crippen molar-refractivity contribution in [3.05, 3.63) is 34.6 Å². The van der Waals surface area contributed by atoms with Gasteiger partial charge in [-0.05, 0) is 31.2 Å². The molecule has 0 aromatic heterocycles. The van der Waals surface area contributed by atoms with E-state index in [1.807, 2.05) is 18.9 Å². The summed E-state index contributed by atoms with van der Waals surface area (Å²) in [4.78, 5) is 1.97. The lowest BCUT2D eigenvalue weighted by Gasteiger charge is -2.20. The second-order valence-electron chi connectivity index (χ2n) is 3.99. The SMILES string of the molecule is CCC(O)CN(C)Cc1ccc(F)cc1Cl. The number of rotatable bonds is 5. The molecule has 0 saturated carbocycles. The van der Waals surface area contributed by atoms with Crippen molar-refractivity contribution < 1.29 is 9.50 Å². The van der Waals surface area contributed by atoms with Crippen LogP contribution in [0.2, 0.25) is 5.02 Å². The molecule has 0 heterocycles. The summed E-state index contributed by atoms with van der Waals surface area (Å²) in [7, 11) is 1.90. The topological polar surface area (TPSA) is 23.5 Å². The van der Waals surface area contributed by atoms with Gasteiger partial charge < -0.3 is 5.11 Å². The van der Waals surface area contributed by atoms with Crippen molar-refractivity contribution in [3.63, 3.8) is 0 Å². The molecule has 0 aliphatic rings. The van der Waals surface area contributed by atoms with Gasteiger partial charge in [-0.3, -0.25) is 4.90 Å². The molecule has 0 radical (unpaired) electrons. The summed E-state index contributed by atoms with van der Waals surface area (Å²) < 4.78 is 12.8. The van der Waals surface area contributed by atoms with Crippen LogP contribution in [0.4, 0.5) is 4.39 Å². The molecule has 2 nitrogen and oxygen atoms in total.